The number of nitrogens with one attached hydrogen (secondary N) is 1. The van der Waals surface area contributed by atoms with E-state index in [4.69, 9.17) is 10.5 Å². The lowest BCUT2D eigenvalue weighted by Gasteiger charge is -2.08. The summed E-state index contributed by atoms with van der Waals surface area (Å²) in [5.74, 6) is -0.394. The summed E-state index contributed by atoms with van der Waals surface area (Å²) in [4.78, 5) is 18.0. The lowest BCUT2D eigenvalue weighted by atomic mass is 10.2. The van der Waals surface area contributed by atoms with E-state index in [0.717, 1.165) is 5.69 Å². The summed E-state index contributed by atoms with van der Waals surface area (Å²) >= 11 is 3.23. The maximum atomic E-state index is 11.2. The summed E-state index contributed by atoms with van der Waals surface area (Å²) in [6, 6.07) is -0.647. The summed E-state index contributed by atoms with van der Waals surface area (Å²) in [6.07, 6.45) is 1.93. The van der Waals surface area contributed by atoms with Gasteiger partial charge in [-0.3, -0.25) is 4.79 Å². The summed E-state index contributed by atoms with van der Waals surface area (Å²) in [6.45, 7) is 2.09. The van der Waals surface area contributed by atoms with E-state index in [1.54, 1.807) is 6.92 Å². The number of carbonyl (C=O) groups excluding carboxylic acids is 1. The SMILES string of the molecule is CCOC(=O)C(N)Cc1[nH]cnc1Br. The zero-order chi connectivity index (χ0) is 10.6. The number of nitrogens with zero attached hydrogens (tertiary/aromatic N) is 1. The van der Waals surface area contributed by atoms with Crippen LogP contribution in [0.15, 0.2) is 10.9 Å². The van der Waals surface area contributed by atoms with Gasteiger partial charge in [0.15, 0.2) is 0 Å². The monoisotopic (exact) mass is 261 g/mol. The summed E-state index contributed by atoms with van der Waals surface area (Å²) in [5.41, 5.74) is 6.42. The second-order valence-electron chi connectivity index (χ2n) is 2.73. The van der Waals surface area contributed by atoms with Crippen molar-refractivity contribution in [2.24, 2.45) is 5.73 Å². The number of imidazole rings is 1. The number of esters is 1. The Kier molecular flexibility index (Phi) is 4.09. The van der Waals surface area contributed by atoms with Gasteiger partial charge >= 0.3 is 5.97 Å². The molecule has 5 nitrogen and oxygen atoms in total. The first-order valence-corrected chi connectivity index (χ1v) is 5.04. The highest BCUT2D eigenvalue weighted by molar-refractivity contribution is 9.10. The Hall–Kier alpha value is -0.880. The number of nitrogens with two attached hydrogens (primary N) is 1. The van der Waals surface area contributed by atoms with E-state index in [9.17, 15) is 4.79 Å². The number of ether oxygens (including phenoxy) is 1. The van der Waals surface area contributed by atoms with Crippen LogP contribution >= 0.6 is 15.9 Å². The van der Waals surface area contributed by atoms with Crippen molar-refractivity contribution in [2.45, 2.75) is 19.4 Å². The van der Waals surface area contributed by atoms with Gasteiger partial charge < -0.3 is 15.5 Å². The Balaban J connectivity index is 2.52. The molecule has 0 aliphatic heterocycles. The smallest absolute Gasteiger partial charge is 0.323 e. The molecule has 1 aromatic rings. The lowest BCUT2D eigenvalue weighted by Crippen LogP contribution is -2.34. The minimum absolute atomic E-state index is 0.344. The van der Waals surface area contributed by atoms with Crippen molar-refractivity contribution >= 4 is 21.9 Å². The Bertz CT molecular complexity index is 313. The molecule has 1 unspecified atom stereocenters. The maximum absolute atomic E-state index is 11.2. The van der Waals surface area contributed by atoms with Crippen LogP contribution in [0.1, 0.15) is 12.6 Å². The number of H-pyrrole nitrogens is 1. The molecule has 6 heteroatoms. The summed E-state index contributed by atoms with van der Waals surface area (Å²) in [7, 11) is 0. The van der Waals surface area contributed by atoms with Crippen LogP contribution in [0.2, 0.25) is 0 Å². The molecule has 0 saturated heterocycles. The van der Waals surface area contributed by atoms with Crippen LogP contribution in [0.25, 0.3) is 0 Å². The number of carbonyl (C=O) groups is 1. The number of hydrogen-bond acceptors (Lipinski definition) is 4. The standard InChI is InChI=1S/C8H12BrN3O2/c1-2-14-8(13)5(10)3-6-7(9)12-4-11-6/h4-5H,2-3,10H2,1H3,(H,11,12). The number of aromatic nitrogens is 2. The minimum atomic E-state index is -0.647. The molecular weight excluding hydrogens is 250 g/mol. The molecule has 1 aromatic heterocycles. The minimum Gasteiger partial charge on any atom is -0.465 e. The van der Waals surface area contributed by atoms with Crippen molar-refractivity contribution < 1.29 is 9.53 Å². The number of rotatable bonds is 4. The van der Waals surface area contributed by atoms with Gasteiger partial charge in [-0.1, -0.05) is 0 Å². The van der Waals surface area contributed by atoms with Crippen molar-refractivity contribution in [1.29, 1.82) is 0 Å². The zero-order valence-electron chi connectivity index (χ0n) is 7.79. The molecule has 1 rings (SSSR count). The molecule has 0 radical (unpaired) electrons. The van der Waals surface area contributed by atoms with Crippen LogP contribution in [0.5, 0.6) is 0 Å². The summed E-state index contributed by atoms with van der Waals surface area (Å²) in [5, 5.41) is 0. The molecule has 1 heterocycles. The van der Waals surface area contributed by atoms with Crippen LogP contribution < -0.4 is 5.73 Å². The second-order valence-corrected chi connectivity index (χ2v) is 3.49. The van der Waals surface area contributed by atoms with Crippen molar-refractivity contribution in [3.8, 4) is 0 Å². The fourth-order valence-corrected chi connectivity index (χ4v) is 1.38. The Morgan fingerprint density at radius 3 is 3.07 bits per heavy atom. The first-order valence-electron chi connectivity index (χ1n) is 4.25. The van der Waals surface area contributed by atoms with E-state index in [0.29, 0.717) is 17.6 Å². The molecule has 0 fully saturated rings. The van der Waals surface area contributed by atoms with E-state index < -0.39 is 12.0 Å². The van der Waals surface area contributed by atoms with Gasteiger partial charge in [0.25, 0.3) is 0 Å². The van der Waals surface area contributed by atoms with Gasteiger partial charge in [-0.05, 0) is 22.9 Å². The third kappa shape index (κ3) is 2.81. The molecule has 0 bridgehead atoms. The van der Waals surface area contributed by atoms with E-state index >= 15 is 0 Å². The molecule has 0 aromatic carbocycles. The quantitative estimate of drug-likeness (QED) is 0.779. The highest BCUT2D eigenvalue weighted by Crippen LogP contribution is 2.12. The predicted octanol–water partition coefficient (Wildman–Crippen LogP) is 0.605. The topological polar surface area (TPSA) is 81.0 Å². The van der Waals surface area contributed by atoms with Gasteiger partial charge in [-0.2, -0.15) is 0 Å². The van der Waals surface area contributed by atoms with Gasteiger partial charge in [0, 0.05) is 6.42 Å². The fourth-order valence-electron chi connectivity index (χ4n) is 1.00. The third-order valence-electron chi connectivity index (χ3n) is 1.68. The van der Waals surface area contributed by atoms with Gasteiger partial charge in [0.1, 0.15) is 10.6 Å². The van der Waals surface area contributed by atoms with Gasteiger partial charge in [0.05, 0.1) is 18.6 Å². The number of hydrogen-bond donors (Lipinski definition) is 2. The van der Waals surface area contributed by atoms with Crippen LogP contribution in [-0.4, -0.2) is 28.6 Å². The second kappa shape index (κ2) is 5.11. The average molecular weight is 262 g/mol. The molecule has 0 aliphatic carbocycles. The van der Waals surface area contributed by atoms with Gasteiger partial charge in [-0.25, -0.2) is 4.98 Å². The molecule has 78 valence electrons. The van der Waals surface area contributed by atoms with Gasteiger partial charge in [-0.15, -0.1) is 0 Å². The van der Waals surface area contributed by atoms with Crippen molar-refractivity contribution in [2.75, 3.05) is 6.61 Å². The molecular formula is C8H12BrN3O2. The van der Waals surface area contributed by atoms with Crippen LogP contribution in [0.3, 0.4) is 0 Å². The predicted molar refractivity (Wildman–Crippen MR) is 54.6 cm³/mol. The van der Waals surface area contributed by atoms with Crippen LogP contribution in [-0.2, 0) is 16.0 Å². The normalized spacial score (nSPS) is 12.5. The van der Waals surface area contributed by atoms with E-state index in [1.165, 1.54) is 6.33 Å². The van der Waals surface area contributed by atoms with E-state index in [-0.39, 0.29) is 0 Å². The molecule has 0 aliphatic rings. The Labute approximate surface area is 90.2 Å². The van der Waals surface area contributed by atoms with Gasteiger partial charge in [0.2, 0.25) is 0 Å². The van der Waals surface area contributed by atoms with Crippen LogP contribution in [0.4, 0.5) is 0 Å². The number of aromatic amines is 1. The first kappa shape index (κ1) is 11.2. The summed E-state index contributed by atoms with van der Waals surface area (Å²) < 4.78 is 5.46. The Morgan fingerprint density at radius 1 is 1.86 bits per heavy atom. The third-order valence-corrected chi connectivity index (χ3v) is 2.36. The largest absolute Gasteiger partial charge is 0.465 e. The van der Waals surface area contributed by atoms with Crippen molar-refractivity contribution in [3.05, 3.63) is 16.6 Å². The first-order chi connectivity index (χ1) is 6.65. The average Bonchev–Trinajstić information content (AvgIpc) is 2.52. The molecule has 3 N–H and O–H groups in total. The van der Waals surface area contributed by atoms with Crippen molar-refractivity contribution in [3.63, 3.8) is 0 Å². The molecule has 0 amide bonds. The van der Waals surface area contributed by atoms with Crippen LogP contribution in [0, 0.1) is 0 Å². The lowest BCUT2D eigenvalue weighted by molar-refractivity contribution is -0.144. The molecule has 0 spiro atoms. The highest BCUT2D eigenvalue weighted by atomic mass is 79.9. The van der Waals surface area contributed by atoms with Crippen molar-refractivity contribution in [1.82, 2.24) is 9.97 Å². The van der Waals surface area contributed by atoms with E-state index in [2.05, 4.69) is 25.9 Å². The number of halogens is 1. The zero-order valence-corrected chi connectivity index (χ0v) is 9.37. The van der Waals surface area contributed by atoms with E-state index in [1.807, 2.05) is 0 Å². The molecule has 14 heavy (non-hydrogen) atoms. The highest BCUT2D eigenvalue weighted by Gasteiger charge is 2.17. The Morgan fingerprint density at radius 2 is 2.57 bits per heavy atom. The molecule has 1 atom stereocenters. The fraction of sp³-hybridized carbons (Fsp3) is 0.500. The molecule has 0 saturated carbocycles. The maximum Gasteiger partial charge on any atom is 0.323 e.